The fraction of sp³-hybridized carbons (Fsp3) is 0.609. The van der Waals surface area contributed by atoms with Gasteiger partial charge in [0, 0.05) is 6.07 Å². The number of hydrogen-bond donors (Lipinski definition) is 1. The third-order valence-electron chi connectivity index (χ3n) is 6.08. The molecule has 3 nitrogen and oxygen atoms in total. The molecular weight excluding hydrogens is 362 g/mol. The maximum absolute atomic E-state index is 12.4. The number of halogens is 2. The third kappa shape index (κ3) is 7.61. The molecule has 1 aromatic rings. The lowest BCUT2D eigenvalue weighted by atomic mass is 9.70. The van der Waals surface area contributed by atoms with Gasteiger partial charge in [0.2, 0.25) is 0 Å². The fourth-order valence-electron chi connectivity index (χ4n) is 4.55. The lowest BCUT2D eigenvalue weighted by molar-refractivity contribution is 0.144. The molecule has 0 aromatic heterocycles. The normalized spacial score (nSPS) is 22.6. The monoisotopic (exact) mass is 394 g/mol. The Balaban J connectivity index is 0.000000209. The Hall–Kier alpha value is -1.91. The lowest BCUT2D eigenvalue weighted by Gasteiger charge is -2.35. The van der Waals surface area contributed by atoms with Crippen LogP contribution in [0.15, 0.2) is 30.9 Å². The van der Waals surface area contributed by atoms with Crippen LogP contribution in [0.2, 0.25) is 0 Å². The summed E-state index contributed by atoms with van der Waals surface area (Å²) in [5.41, 5.74) is 0. The van der Waals surface area contributed by atoms with Gasteiger partial charge in [0.05, 0.1) is 0 Å². The minimum absolute atomic E-state index is 0.249. The smallest absolute Gasteiger partial charge is 0.449 e. The highest BCUT2D eigenvalue weighted by molar-refractivity contribution is 5.61. The first-order chi connectivity index (χ1) is 13.5. The largest absolute Gasteiger partial charge is 0.511 e. The van der Waals surface area contributed by atoms with Crippen LogP contribution >= 0.6 is 0 Å². The zero-order valence-corrected chi connectivity index (χ0v) is 16.5. The summed E-state index contributed by atoms with van der Waals surface area (Å²) in [6.45, 7) is 3.83. The van der Waals surface area contributed by atoms with E-state index in [0.29, 0.717) is 6.07 Å². The van der Waals surface area contributed by atoms with Crippen molar-refractivity contribution in [2.75, 3.05) is 0 Å². The van der Waals surface area contributed by atoms with Crippen LogP contribution < -0.4 is 4.74 Å². The van der Waals surface area contributed by atoms with E-state index in [1.54, 1.807) is 12.8 Å². The molecule has 0 atom stereocenters. The van der Waals surface area contributed by atoms with Crippen LogP contribution in [0.5, 0.6) is 5.75 Å². The first-order valence-corrected chi connectivity index (χ1v) is 10.5. The summed E-state index contributed by atoms with van der Waals surface area (Å²) in [7, 11) is 0. The number of benzene rings is 1. The summed E-state index contributed by atoms with van der Waals surface area (Å²) in [6, 6.07) is 2.46. The molecule has 0 amide bonds. The van der Waals surface area contributed by atoms with E-state index in [0.717, 1.165) is 29.9 Å². The topological polar surface area (TPSA) is 46.5 Å². The van der Waals surface area contributed by atoms with Crippen molar-refractivity contribution in [2.24, 2.45) is 17.8 Å². The highest BCUT2D eigenvalue weighted by Crippen LogP contribution is 2.40. The van der Waals surface area contributed by atoms with Gasteiger partial charge in [-0.25, -0.2) is 13.6 Å². The van der Waals surface area contributed by atoms with Gasteiger partial charge in [-0.05, 0) is 55.6 Å². The van der Waals surface area contributed by atoms with Crippen molar-refractivity contribution in [2.45, 2.75) is 70.6 Å². The van der Waals surface area contributed by atoms with Gasteiger partial charge in [-0.15, -0.1) is 6.58 Å². The molecule has 5 heteroatoms. The standard InChI is InChI=1S/C16H28.C7H4F2O3/c1-2-3-7-14-10-12-16(13-11-14)15-8-5-4-6-9-15;8-5-2-1-4(3-6(5)9)12-7(10)11/h2,14-16H,1,3-13H2;1-3H,(H,10,11). The van der Waals surface area contributed by atoms with Crippen molar-refractivity contribution in [3.8, 4) is 5.75 Å². The molecule has 2 aliphatic carbocycles. The van der Waals surface area contributed by atoms with E-state index in [1.807, 2.05) is 0 Å². The van der Waals surface area contributed by atoms with Crippen molar-refractivity contribution in [3.05, 3.63) is 42.5 Å². The number of hydrogen-bond acceptors (Lipinski definition) is 2. The first-order valence-electron chi connectivity index (χ1n) is 10.5. The van der Waals surface area contributed by atoms with Crippen LogP contribution in [0.1, 0.15) is 70.6 Å². The van der Waals surface area contributed by atoms with E-state index < -0.39 is 17.8 Å². The Labute approximate surface area is 166 Å². The van der Waals surface area contributed by atoms with E-state index in [9.17, 15) is 13.6 Å². The highest BCUT2D eigenvalue weighted by Gasteiger charge is 2.27. The van der Waals surface area contributed by atoms with Gasteiger partial charge in [-0.2, -0.15) is 0 Å². The van der Waals surface area contributed by atoms with Gasteiger partial charge in [0.25, 0.3) is 0 Å². The molecule has 2 saturated carbocycles. The zero-order chi connectivity index (χ0) is 20.4. The maximum atomic E-state index is 12.4. The summed E-state index contributed by atoms with van der Waals surface area (Å²) in [4.78, 5) is 9.93. The zero-order valence-electron chi connectivity index (χ0n) is 16.5. The third-order valence-corrected chi connectivity index (χ3v) is 6.08. The molecule has 156 valence electrons. The number of carboxylic acid groups (broad SMARTS) is 1. The van der Waals surface area contributed by atoms with Gasteiger partial charge >= 0.3 is 6.16 Å². The lowest BCUT2D eigenvalue weighted by Crippen LogP contribution is -2.23. The molecule has 1 aromatic carbocycles. The van der Waals surface area contributed by atoms with Crippen molar-refractivity contribution in [1.82, 2.24) is 0 Å². The van der Waals surface area contributed by atoms with Crippen molar-refractivity contribution in [3.63, 3.8) is 0 Å². The van der Waals surface area contributed by atoms with Crippen molar-refractivity contribution < 1.29 is 23.4 Å². The van der Waals surface area contributed by atoms with Crippen molar-refractivity contribution >= 4 is 6.16 Å². The van der Waals surface area contributed by atoms with Gasteiger partial charge in [-0.1, -0.05) is 51.0 Å². The SMILES string of the molecule is C=CCCC1CCC(C2CCCCC2)CC1.O=C(O)Oc1ccc(F)c(F)c1. The molecule has 2 aliphatic rings. The molecule has 28 heavy (non-hydrogen) atoms. The van der Waals surface area contributed by atoms with Crippen LogP contribution in [0, 0.1) is 29.4 Å². The molecule has 0 spiro atoms. The molecule has 0 bridgehead atoms. The van der Waals surface area contributed by atoms with Gasteiger partial charge in [0.1, 0.15) is 5.75 Å². The van der Waals surface area contributed by atoms with Gasteiger partial charge in [0.15, 0.2) is 11.6 Å². The number of allylic oxidation sites excluding steroid dienone is 1. The Bertz CT molecular complexity index is 618. The second kappa shape index (κ2) is 11.8. The molecule has 1 N–H and O–H groups in total. The molecular formula is C23H32F2O3. The van der Waals surface area contributed by atoms with E-state index in [1.165, 1.54) is 57.8 Å². The molecule has 0 saturated heterocycles. The van der Waals surface area contributed by atoms with Crippen LogP contribution in [0.3, 0.4) is 0 Å². The molecule has 0 radical (unpaired) electrons. The van der Waals surface area contributed by atoms with E-state index >= 15 is 0 Å². The summed E-state index contributed by atoms with van der Waals surface area (Å²) < 4.78 is 28.7. The average molecular weight is 395 g/mol. The van der Waals surface area contributed by atoms with Gasteiger partial charge < -0.3 is 9.84 Å². The maximum Gasteiger partial charge on any atom is 0.511 e. The highest BCUT2D eigenvalue weighted by atomic mass is 19.2. The molecule has 0 unspecified atom stereocenters. The van der Waals surface area contributed by atoms with E-state index in [4.69, 9.17) is 5.11 Å². The fourth-order valence-corrected chi connectivity index (χ4v) is 4.55. The number of rotatable bonds is 5. The van der Waals surface area contributed by atoms with Crippen LogP contribution in [-0.2, 0) is 0 Å². The van der Waals surface area contributed by atoms with Crippen LogP contribution in [0.25, 0.3) is 0 Å². The average Bonchev–Trinajstić information content (AvgIpc) is 2.70. The molecule has 0 aliphatic heterocycles. The van der Waals surface area contributed by atoms with Gasteiger partial charge in [-0.3, -0.25) is 0 Å². The van der Waals surface area contributed by atoms with E-state index in [2.05, 4.69) is 17.4 Å². The Kier molecular flexibility index (Phi) is 9.45. The van der Waals surface area contributed by atoms with E-state index in [-0.39, 0.29) is 5.75 Å². The van der Waals surface area contributed by atoms with Crippen LogP contribution in [-0.4, -0.2) is 11.3 Å². The number of ether oxygens (including phenoxy) is 1. The summed E-state index contributed by atoms with van der Waals surface area (Å²) >= 11 is 0. The summed E-state index contributed by atoms with van der Waals surface area (Å²) in [5, 5.41) is 8.09. The van der Waals surface area contributed by atoms with Crippen LogP contribution in [0.4, 0.5) is 13.6 Å². The second-order valence-corrected chi connectivity index (χ2v) is 7.99. The molecule has 0 heterocycles. The Morgan fingerprint density at radius 3 is 2.25 bits per heavy atom. The summed E-state index contributed by atoms with van der Waals surface area (Å²) in [5.74, 6) is 0.787. The predicted octanol–water partition coefficient (Wildman–Crippen LogP) is 7.36. The molecule has 3 rings (SSSR count). The second-order valence-electron chi connectivity index (χ2n) is 7.99. The number of carbonyl (C=O) groups is 1. The first kappa shape index (κ1) is 22.4. The van der Waals surface area contributed by atoms with Crippen molar-refractivity contribution in [1.29, 1.82) is 0 Å². The summed E-state index contributed by atoms with van der Waals surface area (Å²) in [6.07, 6.45) is 16.9. The predicted molar refractivity (Wildman–Crippen MR) is 106 cm³/mol. The minimum Gasteiger partial charge on any atom is -0.449 e. The molecule has 2 fully saturated rings. The minimum atomic E-state index is -1.57. The Morgan fingerprint density at radius 2 is 1.68 bits per heavy atom. The Morgan fingerprint density at radius 1 is 1.04 bits per heavy atom. The quantitative estimate of drug-likeness (QED) is 0.322.